The molecule has 0 saturated carbocycles. The summed E-state index contributed by atoms with van der Waals surface area (Å²) < 4.78 is 0. The van der Waals surface area contributed by atoms with Crippen molar-refractivity contribution in [3.05, 3.63) is 35.9 Å². The van der Waals surface area contributed by atoms with Gasteiger partial charge >= 0.3 is 17.9 Å². The molecule has 0 amide bonds. The lowest BCUT2D eigenvalue weighted by Gasteiger charge is -2.04. The number of aliphatic carboxylic acids is 3. The number of hydrogen-bond acceptors (Lipinski definition) is 7. The average molecular weight is 428 g/mol. The molecule has 0 aromatic heterocycles. The van der Waals surface area contributed by atoms with Gasteiger partial charge in [0, 0.05) is 6.54 Å². The molecule has 12 heteroatoms. The summed E-state index contributed by atoms with van der Waals surface area (Å²) in [6, 6.07) is 6.99. The second kappa shape index (κ2) is 16.7. The Morgan fingerprint density at radius 1 is 0.900 bits per heavy atom. The summed E-state index contributed by atoms with van der Waals surface area (Å²) in [6.07, 6.45) is 1.34. The van der Waals surface area contributed by atoms with Gasteiger partial charge in [-0.1, -0.05) is 30.3 Å². The summed E-state index contributed by atoms with van der Waals surface area (Å²) in [5.74, 6) is -2.91. The van der Waals surface area contributed by atoms with Gasteiger partial charge in [-0.25, -0.2) is 0 Å². The minimum atomic E-state index is -1.00. The van der Waals surface area contributed by atoms with E-state index in [-0.39, 0.29) is 5.96 Å². The van der Waals surface area contributed by atoms with E-state index in [0.717, 1.165) is 5.56 Å². The molecule has 1 aromatic carbocycles. The van der Waals surface area contributed by atoms with Gasteiger partial charge in [0.05, 0.1) is 0 Å². The smallest absolute Gasteiger partial charge is 0.320 e. The highest BCUT2D eigenvalue weighted by Crippen LogP contribution is 2.01. The maximum absolute atomic E-state index is 10.4. The molecular weight excluding hydrogens is 396 g/mol. The Balaban J connectivity index is 0. The van der Waals surface area contributed by atoms with Crippen LogP contribution in [-0.2, 0) is 20.8 Å². The molecule has 0 radical (unpaired) electrons. The summed E-state index contributed by atoms with van der Waals surface area (Å²) in [4.78, 5) is 33.8. The van der Waals surface area contributed by atoms with Gasteiger partial charge < -0.3 is 44.0 Å². The van der Waals surface area contributed by atoms with Crippen LogP contribution in [0.15, 0.2) is 35.3 Å². The first kappa shape index (κ1) is 29.0. The number of guanidine groups is 1. The van der Waals surface area contributed by atoms with E-state index in [1.165, 1.54) is 6.92 Å². The van der Waals surface area contributed by atoms with Crippen LogP contribution < -0.4 is 28.7 Å². The van der Waals surface area contributed by atoms with Crippen LogP contribution >= 0.6 is 0 Å². The van der Waals surface area contributed by atoms with Crippen molar-refractivity contribution in [3.63, 3.8) is 0 Å². The van der Waals surface area contributed by atoms with E-state index < -0.39 is 36.0 Å². The molecule has 0 aliphatic carbocycles. The van der Waals surface area contributed by atoms with Crippen molar-refractivity contribution in [2.75, 3.05) is 6.54 Å². The van der Waals surface area contributed by atoms with Crippen molar-refractivity contribution in [3.8, 4) is 0 Å². The Kier molecular flexibility index (Phi) is 16.1. The molecule has 170 valence electrons. The second-order valence-electron chi connectivity index (χ2n) is 6.15. The van der Waals surface area contributed by atoms with Gasteiger partial charge in [0.15, 0.2) is 5.96 Å². The lowest BCUT2D eigenvalue weighted by molar-refractivity contribution is -0.139. The average Bonchev–Trinajstić information content (AvgIpc) is 2.66. The number of nitrogens with zero attached hydrogens (tertiary/aromatic N) is 1. The first-order chi connectivity index (χ1) is 13.9. The van der Waals surface area contributed by atoms with Gasteiger partial charge in [-0.3, -0.25) is 19.4 Å². The van der Waals surface area contributed by atoms with Gasteiger partial charge in [0.25, 0.3) is 0 Å². The van der Waals surface area contributed by atoms with E-state index in [2.05, 4.69) is 4.99 Å². The molecule has 12 nitrogen and oxygen atoms in total. The number of carboxylic acid groups (broad SMARTS) is 3. The Hall–Kier alpha value is -3.22. The Labute approximate surface area is 174 Å². The van der Waals surface area contributed by atoms with E-state index in [4.69, 9.17) is 44.0 Å². The number of hydrogen-bond donors (Lipinski definition) is 8. The van der Waals surface area contributed by atoms with Gasteiger partial charge in [-0.05, 0) is 31.7 Å². The summed E-state index contributed by atoms with van der Waals surface area (Å²) in [5, 5.41) is 24.8. The van der Waals surface area contributed by atoms with E-state index in [9.17, 15) is 14.4 Å². The van der Waals surface area contributed by atoms with Crippen molar-refractivity contribution in [1.82, 2.24) is 0 Å². The van der Waals surface area contributed by atoms with Crippen LogP contribution in [-0.4, -0.2) is 63.9 Å². The minimum absolute atomic E-state index is 0.0129. The Morgan fingerprint density at radius 3 is 1.73 bits per heavy atom. The van der Waals surface area contributed by atoms with Crippen molar-refractivity contribution >= 4 is 23.9 Å². The first-order valence-electron chi connectivity index (χ1n) is 8.92. The maximum atomic E-state index is 10.4. The third kappa shape index (κ3) is 18.2. The molecule has 3 atom stereocenters. The first-order valence-corrected chi connectivity index (χ1v) is 8.92. The fourth-order valence-corrected chi connectivity index (χ4v) is 1.60. The third-order valence-electron chi connectivity index (χ3n) is 3.29. The molecule has 0 aliphatic rings. The highest BCUT2D eigenvalue weighted by Gasteiger charge is 2.11. The van der Waals surface area contributed by atoms with Gasteiger partial charge in [0.2, 0.25) is 0 Å². The molecule has 0 unspecified atom stereocenters. The van der Waals surface area contributed by atoms with E-state index >= 15 is 0 Å². The zero-order chi connectivity index (χ0) is 23.7. The lowest BCUT2D eigenvalue weighted by Crippen LogP contribution is -2.32. The molecule has 0 bridgehead atoms. The zero-order valence-electron chi connectivity index (χ0n) is 16.8. The molecule has 0 aliphatic heterocycles. The Morgan fingerprint density at radius 2 is 1.37 bits per heavy atom. The predicted molar refractivity (Wildman–Crippen MR) is 113 cm³/mol. The van der Waals surface area contributed by atoms with Crippen LogP contribution in [0, 0.1) is 0 Å². The number of rotatable bonds is 9. The molecule has 1 rings (SSSR count). The molecule has 0 fully saturated rings. The van der Waals surface area contributed by atoms with Crippen molar-refractivity contribution in [2.24, 2.45) is 33.7 Å². The number of aliphatic imine (C=N–C) groups is 1. The van der Waals surface area contributed by atoms with Gasteiger partial charge in [-0.15, -0.1) is 0 Å². The summed E-state index contributed by atoms with van der Waals surface area (Å²) in [7, 11) is 0. The molecule has 30 heavy (non-hydrogen) atoms. The molecule has 13 N–H and O–H groups in total. The monoisotopic (exact) mass is 428 g/mol. The van der Waals surface area contributed by atoms with Crippen LogP contribution in [0.1, 0.15) is 25.3 Å². The number of nitrogens with two attached hydrogens (primary N) is 5. The SMILES string of the molecule is C[C@H](N)C(=O)O.NC(N)=NCCC[C@H](N)C(=O)O.N[C@@H](Cc1ccccc1)C(=O)O. The van der Waals surface area contributed by atoms with Crippen LogP contribution in [0.3, 0.4) is 0 Å². The number of carbonyl (C=O) groups is 3. The van der Waals surface area contributed by atoms with Crippen LogP contribution in [0.4, 0.5) is 0 Å². The van der Waals surface area contributed by atoms with Crippen molar-refractivity contribution in [2.45, 2.75) is 44.3 Å². The highest BCUT2D eigenvalue weighted by atomic mass is 16.4. The number of carboxylic acids is 3. The fraction of sp³-hybridized carbons (Fsp3) is 0.444. The summed E-state index contributed by atoms with van der Waals surface area (Å²) >= 11 is 0. The van der Waals surface area contributed by atoms with Crippen LogP contribution in [0.5, 0.6) is 0 Å². The molecule has 0 spiro atoms. The van der Waals surface area contributed by atoms with Gasteiger partial charge in [0.1, 0.15) is 18.1 Å². The van der Waals surface area contributed by atoms with E-state index in [1.807, 2.05) is 30.3 Å². The molecular formula is C18H32N6O6. The third-order valence-corrected chi connectivity index (χ3v) is 3.29. The predicted octanol–water partition coefficient (Wildman–Crippen LogP) is -1.49. The standard InChI is InChI=1S/C9H11NO2.C6H14N4O2.C3H7NO2/c10-8(9(11)12)6-7-4-2-1-3-5-7;7-4(5(11)12)2-1-3-10-6(8)9;1-2(4)3(5)6/h1-5,8H,6,10H2,(H,11,12);4H,1-3,7H2,(H,11,12)(H4,8,9,10);2H,4H2,1H3,(H,5,6)/t8-;4-;2-/m000/s1. The quantitative estimate of drug-likeness (QED) is 0.128. The van der Waals surface area contributed by atoms with Crippen LogP contribution in [0.25, 0.3) is 0 Å². The topological polar surface area (TPSA) is 254 Å². The number of benzene rings is 1. The maximum Gasteiger partial charge on any atom is 0.320 e. The second-order valence-corrected chi connectivity index (χ2v) is 6.15. The largest absolute Gasteiger partial charge is 0.480 e. The highest BCUT2D eigenvalue weighted by molar-refractivity contribution is 5.75. The van der Waals surface area contributed by atoms with E-state index in [1.54, 1.807) is 0 Å². The summed E-state index contributed by atoms with van der Waals surface area (Å²) in [5.41, 5.74) is 26.5. The zero-order valence-corrected chi connectivity index (χ0v) is 16.8. The van der Waals surface area contributed by atoms with Crippen LogP contribution in [0.2, 0.25) is 0 Å². The molecule has 0 saturated heterocycles. The normalized spacial score (nSPS) is 12.5. The Bertz CT molecular complexity index is 664. The minimum Gasteiger partial charge on any atom is -0.480 e. The van der Waals surface area contributed by atoms with Crippen molar-refractivity contribution in [1.29, 1.82) is 0 Å². The van der Waals surface area contributed by atoms with Gasteiger partial charge in [-0.2, -0.15) is 0 Å². The lowest BCUT2D eigenvalue weighted by atomic mass is 10.1. The van der Waals surface area contributed by atoms with E-state index in [0.29, 0.717) is 25.8 Å². The summed E-state index contributed by atoms with van der Waals surface area (Å²) in [6.45, 7) is 1.84. The van der Waals surface area contributed by atoms with Crippen molar-refractivity contribution < 1.29 is 29.7 Å². The fourth-order valence-electron chi connectivity index (χ4n) is 1.60. The molecule has 0 heterocycles. The molecule has 1 aromatic rings.